The number of hydrogen-bond donors (Lipinski definition) is 1. The Balaban J connectivity index is 1.70. The topological polar surface area (TPSA) is 84.5 Å². The number of imidazole rings is 1. The molecule has 0 amide bonds. The summed E-state index contributed by atoms with van der Waals surface area (Å²) in [5.74, 6) is 1.86. The van der Waals surface area contributed by atoms with Gasteiger partial charge in [-0.05, 0) is 25.2 Å². The number of furan rings is 1. The normalized spacial score (nSPS) is 15.0. The number of likely N-dealkylation sites (N-methyl/N-ethyl adjacent to an activating group) is 1. The third kappa shape index (κ3) is 3.99. The van der Waals surface area contributed by atoms with E-state index in [4.69, 9.17) is 18.9 Å². The van der Waals surface area contributed by atoms with E-state index in [9.17, 15) is 4.79 Å². The van der Waals surface area contributed by atoms with Crippen LogP contribution in [-0.2, 0) is 9.47 Å². The van der Waals surface area contributed by atoms with Crippen molar-refractivity contribution in [3.8, 4) is 11.5 Å². The molecule has 9 heteroatoms. The lowest BCUT2D eigenvalue weighted by Gasteiger charge is -2.32. The summed E-state index contributed by atoms with van der Waals surface area (Å²) in [6, 6.07) is 7.43. The summed E-state index contributed by atoms with van der Waals surface area (Å²) in [5, 5.41) is 3.36. The average Bonchev–Trinajstić information content (AvgIpc) is 3.38. The highest BCUT2D eigenvalue weighted by atomic mass is 16.5. The molecule has 3 aromatic rings. The molecule has 1 N–H and O–H groups in total. The zero-order valence-corrected chi connectivity index (χ0v) is 17.6. The van der Waals surface area contributed by atoms with E-state index < -0.39 is 5.97 Å². The monoisotopic (exact) mass is 413 g/mol. The van der Waals surface area contributed by atoms with Crippen molar-refractivity contribution in [1.82, 2.24) is 14.3 Å². The molecule has 0 bridgehead atoms. The molecule has 0 aromatic carbocycles. The number of pyridine rings is 1. The summed E-state index contributed by atoms with van der Waals surface area (Å²) in [4.78, 5) is 21.3. The largest absolute Gasteiger partial charge is 0.465 e. The van der Waals surface area contributed by atoms with Crippen LogP contribution in [0.15, 0.2) is 34.9 Å². The van der Waals surface area contributed by atoms with Gasteiger partial charge in [0.25, 0.3) is 0 Å². The maximum Gasteiger partial charge on any atom is 0.339 e. The number of nitrogens with zero attached hydrogens (tertiary/aromatic N) is 4. The predicted octanol–water partition coefficient (Wildman–Crippen LogP) is 2.19. The number of aromatic nitrogens is 2. The second-order valence-corrected chi connectivity index (χ2v) is 7.29. The molecule has 0 spiro atoms. The molecule has 4 heterocycles. The number of carbonyl (C=O) groups is 1. The minimum Gasteiger partial charge on any atom is -0.465 e. The number of nitrogens with one attached hydrogen (secondary N) is 1. The number of hydrogen-bond acceptors (Lipinski definition) is 8. The fourth-order valence-electron chi connectivity index (χ4n) is 3.55. The zero-order valence-electron chi connectivity index (χ0n) is 17.6. The third-order valence-corrected chi connectivity index (χ3v) is 5.28. The van der Waals surface area contributed by atoms with Crippen LogP contribution >= 0.6 is 0 Å². The molecule has 0 radical (unpaired) electrons. The highest BCUT2D eigenvalue weighted by Gasteiger charge is 2.21. The maximum absolute atomic E-state index is 12.0. The Morgan fingerprint density at radius 2 is 1.97 bits per heavy atom. The van der Waals surface area contributed by atoms with Crippen LogP contribution in [0.4, 0.5) is 11.7 Å². The van der Waals surface area contributed by atoms with E-state index in [0.29, 0.717) is 35.8 Å². The van der Waals surface area contributed by atoms with Crippen molar-refractivity contribution in [3.05, 3.63) is 36.0 Å². The van der Waals surface area contributed by atoms with Crippen LogP contribution in [-0.4, -0.2) is 80.9 Å². The second kappa shape index (κ2) is 8.76. The predicted molar refractivity (Wildman–Crippen MR) is 114 cm³/mol. The molecule has 1 aliphatic rings. The van der Waals surface area contributed by atoms with E-state index in [1.54, 1.807) is 25.4 Å². The van der Waals surface area contributed by atoms with Crippen LogP contribution < -0.4 is 10.2 Å². The van der Waals surface area contributed by atoms with Crippen molar-refractivity contribution in [2.75, 3.05) is 70.8 Å². The standard InChI is InChI=1S/C21H27N5O4/c1-24-9-11-25(12-10-24)18-7-5-16(30-18)19-20(22-8-13-28-2)26-14-15(21(27)29-3)4-6-17(26)23-19/h4-7,14,22H,8-13H2,1-3H3. The Morgan fingerprint density at radius 1 is 1.17 bits per heavy atom. The van der Waals surface area contributed by atoms with Gasteiger partial charge in [-0.15, -0.1) is 0 Å². The Morgan fingerprint density at radius 3 is 2.70 bits per heavy atom. The summed E-state index contributed by atoms with van der Waals surface area (Å²) < 4.78 is 18.1. The number of esters is 1. The fourth-order valence-corrected chi connectivity index (χ4v) is 3.55. The number of rotatable bonds is 7. The molecule has 0 atom stereocenters. The van der Waals surface area contributed by atoms with Crippen molar-refractivity contribution in [2.45, 2.75) is 0 Å². The minimum atomic E-state index is -0.398. The Kier molecular flexibility index (Phi) is 5.91. The van der Waals surface area contributed by atoms with Crippen LogP contribution in [0.3, 0.4) is 0 Å². The first-order valence-corrected chi connectivity index (χ1v) is 9.97. The molecule has 1 fully saturated rings. The summed E-state index contributed by atoms with van der Waals surface area (Å²) in [6.45, 7) is 4.99. The van der Waals surface area contributed by atoms with Crippen LogP contribution in [0.1, 0.15) is 10.4 Å². The van der Waals surface area contributed by atoms with Crippen molar-refractivity contribution in [2.24, 2.45) is 0 Å². The fraction of sp³-hybridized carbons (Fsp3) is 0.429. The molecule has 160 valence electrons. The number of anilines is 2. The molecular formula is C21H27N5O4. The van der Waals surface area contributed by atoms with E-state index in [0.717, 1.165) is 37.9 Å². The lowest BCUT2D eigenvalue weighted by Crippen LogP contribution is -2.44. The average molecular weight is 413 g/mol. The molecular weight excluding hydrogens is 386 g/mol. The number of methoxy groups -OCH3 is 2. The van der Waals surface area contributed by atoms with Gasteiger partial charge in [-0.2, -0.15) is 0 Å². The molecule has 0 saturated carbocycles. The molecule has 0 aliphatic carbocycles. The van der Waals surface area contributed by atoms with Crippen LogP contribution in [0.5, 0.6) is 0 Å². The van der Waals surface area contributed by atoms with Crippen molar-refractivity contribution in [1.29, 1.82) is 0 Å². The van der Waals surface area contributed by atoms with E-state index in [-0.39, 0.29) is 0 Å². The van der Waals surface area contributed by atoms with E-state index >= 15 is 0 Å². The smallest absolute Gasteiger partial charge is 0.339 e. The van der Waals surface area contributed by atoms with E-state index in [1.165, 1.54) is 7.11 Å². The van der Waals surface area contributed by atoms with Gasteiger partial charge >= 0.3 is 5.97 Å². The summed E-state index contributed by atoms with van der Waals surface area (Å²) in [5.41, 5.74) is 1.84. The SMILES string of the molecule is COCCNc1c(-c2ccc(N3CCN(C)CC3)o2)nc2ccc(C(=O)OC)cn12. The molecule has 4 rings (SSSR count). The number of carbonyl (C=O) groups excluding carboxylic acids is 1. The first-order chi connectivity index (χ1) is 14.6. The molecule has 30 heavy (non-hydrogen) atoms. The van der Waals surface area contributed by atoms with Crippen LogP contribution in [0.2, 0.25) is 0 Å². The third-order valence-electron chi connectivity index (χ3n) is 5.28. The van der Waals surface area contributed by atoms with E-state index in [1.807, 2.05) is 16.5 Å². The van der Waals surface area contributed by atoms with Gasteiger partial charge in [0.05, 0.1) is 19.3 Å². The van der Waals surface area contributed by atoms with Crippen molar-refractivity contribution in [3.63, 3.8) is 0 Å². The van der Waals surface area contributed by atoms with Gasteiger partial charge in [0.15, 0.2) is 11.6 Å². The lowest BCUT2D eigenvalue weighted by molar-refractivity contribution is 0.0600. The van der Waals surface area contributed by atoms with Gasteiger partial charge in [-0.3, -0.25) is 4.40 Å². The van der Waals surface area contributed by atoms with Gasteiger partial charge in [-0.1, -0.05) is 0 Å². The minimum absolute atomic E-state index is 0.398. The number of piperazine rings is 1. The van der Waals surface area contributed by atoms with Gasteiger partial charge < -0.3 is 29.0 Å². The maximum atomic E-state index is 12.0. The molecule has 1 saturated heterocycles. The van der Waals surface area contributed by atoms with Gasteiger partial charge in [0, 0.05) is 52.1 Å². The molecule has 1 aliphatic heterocycles. The second-order valence-electron chi connectivity index (χ2n) is 7.29. The summed E-state index contributed by atoms with van der Waals surface area (Å²) >= 11 is 0. The van der Waals surface area contributed by atoms with Crippen molar-refractivity contribution < 1.29 is 18.7 Å². The van der Waals surface area contributed by atoms with Crippen LogP contribution in [0, 0.1) is 0 Å². The highest BCUT2D eigenvalue weighted by molar-refractivity contribution is 5.90. The summed E-state index contributed by atoms with van der Waals surface area (Å²) in [7, 11) is 5.15. The lowest BCUT2D eigenvalue weighted by atomic mass is 10.3. The Bertz CT molecular complexity index is 1020. The van der Waals surface area contributed by atoms with Crippen molar-refractivity contribution >= 4 is 23.3 Å². The van der Waals surface area contributed by atoms with E-state index in [2.05, 4.69) is 22.2 Å². The quantitative estimate of drug-likeness (QED) is 0.466. The number of fused-ring (bicyclic) bond motifs is 1. The van der Waals surface area contributed by atoms with Gasteiger partial charge in [0.1, 0.15) is 17.2 Å². The Hall–Kier alpha value is -3.04. The zero-order chi connectivity index (χ0) is 21.1. The molecule has 3 aromatic heterocycles. The first kappa shape index (κ1) is 20.2. The van der Waals surface area contributed by atoms with Gasteiger partial charge in [0.2, 0.25) is 0 Å². The molecule has 9 nitrogen and oxygen atoms in total. The summed E-state index contributed by atoms with van der Waals surface area (Å²) in [6.07, 6.45) is 1.72. The molecule has 0 unspecified atom stereocenters. The highest BCUT2D eigenvalue weighted by Crippen LogP contribution is 2.33. The Labute approximate surface area is 175 Å². The van der Waals surface area contributed by atoms with Crippen LogP contribution in [0.25, 0.3) is 17.1 Å². The van der Waals surface area contributed by atoms with Gasteiger partial charge in [-0.25, -0.2) is 9.78 Å². The first-order valence-electron chi connectivity index (χ1n) is 9.97. The number of ether oxygens (including phenoxy) is 2.